The summed E-state index contributed by atoms with van der Waals surface area (Å²) < 4.78 is 0. The van der Waals surface area contributed by atoms with E-state index in [0.717, 1.165) is 19.3 Å². The fourth-order valence-electron chi connectivity index (χ4n) is 1.05. The number of aliphatic carboxylic acids is 1. The molecule has 0 aromatic carbocycles. The van der Waals surface area contributed by atoms with Crippen molar-refractivity contribution in [1.29, 1.82) is 5.26 Å². The minimum atomic E-state index is -1.13. The summed E-state index contributed by atoms with van der Waals surface area (Å²) in [4.78, 5) is 10.1. The van der Waals surface area contributed by atoms with Gasteiger partial charge in [-0.1, -0.05) is 26.2 Å². The number of carboxylic acids is 1. The van der Waals surface area contributed by atoms with Crippen molar-refractivity contribution in [3.05, 3.63) is 0 Å². The van der Waals surface area contributed by atoms with E-state index in [1.54, 1.807) is 0 Å². The number of nitriles is 1. The van der Waals surface area contributed by atoms with Gasteiger partial charge in [0, 0.05) is 12.4 Å². The number of unbranched alkanes of at least 4 members (excludes halogenated alkanes) is 2. The molecule has 13 heavy (non-hydrogen) atoms. The van der Waals surface area contributed by atoms with Crippen molar-refractivity contribution < 1.29 is 39.5 Å². The van der Waals surface area contributed by atoms with Crippen LogP contribution in [0.5, 0.6) is 0 Å². The number of rotatable bonds is 6. The first kappa shape index (κ1) is 15.4. The Morgan fingerprint density at radius 2 is 2.15 bits per heavy atom. The molecule has 3 nitrogen and oxygen atoms in total. The van der Waals surface area contributed by atoms with Gasteiger partial charge in [0.2, 0.25) is 0 Å². The molecule has 0 bridgehead atoms. The minimum absolute atomic E-state index is 0. The number of hydrogen-bond donors (Lipinski definition) is 0. The number of hydrogen-bond acceptors (Lipinski definition) is 3. The van der Waals surface area contributed by atoms with E-state index >= 15 is 0 Å². The van der Waals surface area contributed by atoms with Crippen molar-refractivity contribution in [3.63, 3.8) is 0 Å². The monoisotopic (exact) mass is 191 g/mol. The van der Waals surface area contributed by atoms with Crippen molar-refractivity contribution in [2.45, 2.75) is 39.0 Å². The van der Waals surface area contributed by atoms with Crippen molar-refractivity contribution in [3.8, 4) is 6.07 Å². The Morgan fingerprint density at radius 1 is 1.54 bits per heavy atom. The van der Waals surface area contributed by atoms with Crippen LogP contribution in [0.4, 0.5) is 0 Å². The molecule has 0 saturated heterocycles. The molecule has 0 fully saturated rings. The molecular formula is C9H14NNaO2. The third-order valence-corrected chi connectivity index (χ3v) is 1.75. The normalized spacial score (nSPS) is 11.1. The molecule has 0 saturated carbocycles. The summed E-state index contributed by atoms with van der Waals surface area (Å²) in [6, 6.07) is 1.97. The zero-order chi connectivity index (χ0) is 9.40. The zero-order valence-electron chi connectivity index (χ0n) is 8.38. The van der Waals surface area contributed by atoms with Gasteiger partial charge in [-0.2, -0.15) is 5.26 Å². The van der Waals surface area contributed by atoms with Crippen LogP contribution in [-0.2, 0) is 4.79 Å². The van der Waals surface area contributed by atoms with Gasteiger partial charge in [0.15, 0.2) is 0 Å². The minimum Gasteiger partial charge on any atom is -0.550 e. The van der Waals surface area contributed by atoms with Gasteiger partial charge < -0.3 is 9.90 Å². The summed E-state index contributed by atoms with van der Waals surface area (Å²) in [7, 11) is 0. The van der Waals surface area contributed by atoms with Crippen molar-refractivity contribution >= 4 is 5.97 Å². The van der Waals surface area contributed by atoms with Gasteiger partial charge in [-0.05, 0) is 6.42 Å². The maximum Gasteiger partial charge on any atom is 1.00 e. The third kappa shape index (κ3) is 9.88. The van der Waals surface area contributed by atoms with Crippen molar-refractivity contribution in [2.24, 2.45) is 5.92 Å². The fourth-order valence-corrected chi connectivity index (χ4v) is 1.05. The summed E-state index contributed by atoms with van der Waals surface area (Å²) in [6.45, 7) is 2.07. The van der Waals surface area contributed by atoms with E-state index in [1.807, 2.05) is 6.07 Å². The van der Waals surface area contributed by atoms with Gasteiger partial charge in [0.05, 0.1) is 12.0 Å². The van der Waals surface area contributed by atoms with E-state index in [4.69, 9.17) is 5.26 Å². The first-order chi connectivity index (χ1) is 5.70. The first-order valence-corrected chi connectivity index (χ1v) is 4.30. The molecule has 0 aromatic rings. The summed E-state index contributed by atoms with van der Waals surface area (Å²) in [5.74, 6) is -1.49. The van der Waals surface area contributed by atoms with E-state index in [-0.39, 0.29) is 41.9 Å². The maximum atomic E-state index is 10.1. The van der Waals surface area contributed by atoms with Crippen LogP contribution < -0.4 is 34.7 Å². The number of carbonyl (C=O) groups is 1. The molecule has 1 unspecified atom stereocenters. The Balaban J connectivity index is 0. The van der Waals surface area contributed by atoms with Gasteiger partial charge in [0.1, 0.15) is 0 Å². The second-order valence-corrected chi connectivity index (χ2v) is 2.90. The fraction of sp³-hybridized carbons (Fsp3) is 0.778. The number of carboxylic acid groups (broad SMARTS) is 1. The Morgan fingerprint density at radius 3 is 2.54 bits per heavy atom. The number of carbonyl (C=O) groups excluding carboxylic acids is 1. The van der Waals surface area contributed by atoms with Crippen LogP contribution in [0.15, 0.2) is 0 Å². The van der Waals surface area contributed by atoms with Gasteiger partial charge >= 0.3 is 29.6 Å². The van der Waals surface area contributed by atoms with Crippen molar-refractivity contribution in [2.75, 3.05) is 0 Å². The van der Waals surface area contributed by atoms with E-state index in [9.17, 15) is 9.90 Å². The van der Waals surface area contributed by atoms with Crippen LogP contribution in [-0.4, -0.2) is 5.97 Å². The molecule has 0 radical (unpaired) electrons. The van der Waals surface area contributed by atoms with Gasteiger partial charge in [-0.25, -0.2) is 0 Å². The molecule has 0 aliphatic carbocycles. The van der Waals surface area contributed by atoms with E-state index in [1.165, 1.54) is 0 Å². The summed E-state index contributed by atoms with van der Waals surface area (Å²) in [5, 5.41) is 18.7. The second-order valence-electron chi connectivity index (χ2n) is 2.90. The Labute approximate surface area is 101 Å². The first-order valence-electron chi connectivity index (χ1n) is 4.30. The number of nitrogens with zero attached hydrogens (tertiary/aromatic N) is 1. The van der Waals surface area contributed by atoms with Crippen LogP contribution in [0.1, 0.15) is 39.0 Å². The molecule has 0 rings (SSSR count). The van der Waals surface area contributed by atoms with Crippen LogP contribution in [0.2, 0.25) is 0 Å². The SMILES string of the molecule is CCCCCC(C#N)CC(=O)[O-].[Na+]. The molecule has 1 atom stereocenters. The van der Waals surface area contributed by atoms with Crippen LogP contribution >= 0.6 is 0 Å². The molecule has 0 N–H and O–H groups in total. The van der Waals surface area contributed by atoms with Crippen LogP contribution in [0.3, 0.4) is 0 Å². The summed E-state index contributed by atoms with van der Waals surface area (Å²) in [5.41, 5.74) is 0. The summed E-state index contributed by atoms with van der Waals surface area (Å²) in [6.07, 6.45) is 3.63. The van der Waals surface area contributed by atoms with Gasteiger partial charge in [0.25, 0.3) is 0 Å². The molecule has 4 heteroatoms. The smallest absolute Gasteiger partial charge is 0.550 e. The average Bonchev–Trinajstić information content (AvgIpc) is 2.02. The molecular weight excluding hydrogens is 177 g/mol. The summed E-state index contributed by atoms with van der Waals surface area (Å²) >= 11 is 0. The second kappa shape index (κ2) is 10.0. The van der Waals surface area contributed by atoms with E-state index in [2.05, 4.69) is 6.92 Å². The third-order valence-electron chi connectivity index (χ3n) is 1.75. The molecule has 0 heterocycles. The van der Waals surface area contributed by atoms with Crippen LogP contribution in [0.25, 0.3) is 0 Å². The quantitative estimate of drug-likeness (QED) is 0.355. The van der Waals surface area contributed by atoms with E-state index in [0.29, 0.717) is 6.42 Å². The van der Waals surface area contributed by atoms with Crippen LogP contribution in [0, 0.1) is 17.2 Å². The largest absolute Gasteiger partial charge is 1.00 e. The molecule has 68 valence electrons. The molecule has 0 aliphatic rings. The molecule has 0 aromatic heterocycles. The van der Waals surface area contributed by atoms with Crippen molar-refractivity contribution in [1.82, 2.24) is 0 Å². The van der Waals surface area contributed by atoms with Gasteiger partial charge in [-0.3, -0.25) is 0 Å². The average molecular weight is 191 g/mol. The van der Waals surface area contributed by atoms with Gasteiger partial charge in [-0.15, -0.1) is 0 Å². The molecule has 0 spiro atoms. The predicted octanol–water partition coefficient (Wildman–Crippen LogP) is -2.15. The topological polar surface area (TPSA) is 63.9 Å². The Bertz CT molecular complexity index is 177. The molecule has 0 aliphatic heterocycles. The predicted molar refractivity (Wildman–Crippen MR) is 42.9 cm³/mol. The van der Waals surface area contributed by atoms with E-state index < -0.39 is 5.97 Å². The maximum absolute atomic E-state index is 10.1. The standard InChI is InChI=1S/C9H15NO2.Na/c1-2-3-4-5-8(7-10)6-9(11)12;/h8H,2-6H2,1H3,(H,11,12);/q;+1/p-1. The zero-order valence-corrected chi connectivity index (χ0v) is 10.4. The Kier molecular flexibility index (Phi) is 11.9. The molecule has 0 amide bonds. The Hall–Kier alpha value is -0.0400.